The van der Waals surface area contributed by atoms with E-state index in [0.29, 0.717) is 6.54 Å². The van der Waals surface area contributed by atoms with E-state index in [4.69, 9.17) is 9.47 Å². The van der Waals surface area contributed by atoms with Crippen molar-refractivity contribution in [2.24, 2.45) is 0 Å². The van der Waals surface area contributed by atoms with E-state index in [2.05, 4.69) is 31.0 Å². The predicted molar refractivity (Wildman–Crippen MR) is 70.5 cm³/mol. The van der Waals surface area contributed by atoms with Gasteiger partial charge in [0.15, 0.2) is 0 Å². The predicted octanol–water partition coefficient (Wildman–Crippen LogP) is 0.637. The second-order valence-electron chi connectivity index (χ2n) is 5.01. The van der Waals surface area contributed by atoms with Crippen LogP contribution in [0.3, 0.4) is 0 Å². The fraction of sp³-hybridized carbons (Fsp3) is 0.923. The molecule has 0 amide bonds. The van der Waals surface area contributed by atoms with E-state index in [0.717, 1.165) is 26.1 Å². The first-order valence-electron chi connectivity index (χ1n) is 6.75. The van der Waals surface area contributed by atoms with Crippen LogP contribution in [-0.2, 0) is 14.3 Å². The molecule has 0 saturated carbocycles. The van der Waals surface area contributed by atoms with E-state index in [1.807, 2.05) is 0 Å². The van der Waals surface area contributed by atoms with Gasteiger partial charge in [0.05, 0.1) is 19.3 Å². The van der Waals surface area contributed by atoms with Crippen molar-refractivity contribution in [3.05, 3.63) is 0 Å². The van der Waals surface area contributed by atoms with Gasteiger partial charge in [0.2, 0.25) is 0 Å². The maximum Gasteiger partial charge on any atom is 0.324 e. The van der Waals surface area contributed by atoms with Crippen molar-refractivity contribution in [2.45, 2.75) is 45.4 Å². The lowest BCUT2D eigenvalue weighted by atomic mass is 10.2. The van der Waals surface area contributed by atoms with Gasteiger partial charge in [0.1, 0.15) is 6.04 Å². The summed E-state index contributed by atoms with van der Waals surface area (Å²) in [6.45, 7) is 9.46. The van der Waals surface area contributed by atoms with Gasteiger partial charge >= 0.3 is 5.97 Å². The number of carbonyl (C=O) groups excluding carboxylic acids is 1. The van der Waals surface area contributed by atoms with Crippen LogP contribution in [0, 0.1) is 0 Å². The molecule has 1 aliphatic heterocycles. The van der Waals surface area contributed by atoms with Crippen LogP contribution < -0.4 is 5.32 Å². The van der Waals surface area contributed by atoms with Gasteiger partial charge in [-0.1, -0.05) is 6.92 Å². The zero-order valence-corrected chi connectivity index (χ0v) is 11.9. The lowest BCUT2D eigenvalue weighted by Crippen LogP contribution is -2.53. The third-order valence-corrected chi connectivity index (χ3v) is 3.06. The standard InChI is InChI=1S/C13H26N2O3/c1-5-6-14-12(13(16)17-4)9-15-7-10(2)18-11(3)8-15/h10-12,14H,5-9H2,1-4H3. The zero-order valence-electron chi connectivity index (χ0n) is 11.9. The summed E-state index contributed by atoms with van der Waals surface area (Å²) in [5.41, 5.74) is 0. The number of nitrogens with one attached hydrogen (secondary N) is 1. The first-order chi connectivity index (χ1) is 8.56. The molecule has 1 heterocycles. The fourth-order valence-electron chi connectivity index (χ4n) is 2.37. The zero-order chi connectivity index (χ0) is 13.5. The Morgan fingerprint density at radius 3 is 2.56 bits per heavy atom. The number of hydrogen-bond acceptors (Lipinski definition) is 5. The second-order valence-corrected chi connectivity index (χ2v) is 5.01. The number of carbonyl (C=O) groups is 1. The summed E-state index contributed by atoms with van der Waals surface area (Å²) in [6.07, 6.45) is 1.44. The summed E-state index contributed by atoms with van der Waals surface area (Å²) in [6, 6.07) is -0.243. The molecule has 1 rings (SSSR count). The number of morpholine rings is 1. The van der Waals surface area contributed by atoms with Gasteiger partial charge in [-0.15, -0.1) is 0 Å². The van der Waals surface area contributed by atoms with Gasteiger partial charge in [-0.2, -0.15) is 0 Å². The van der Waals surface area contributed by atoms with Crippen molar-refractivity contribution in [2.75, 3.05) is 33.3 Å². The van der Waals surface area contributed by atoms with Gasteiger partial charge in [-0.05, 0) is 26.8 Å². The molecule has 0 aromatic rings. The van der Waals surface area contributed by atoms with Gasteiger partial charge in [0.25, 0.3) is 0 Å². The third-order valence-electron chi connectivity index (χ3n) is 3.06. The van der Waals surface area contributed by atoms with Crippen molar-refractivity contribution in [3.63, 3.8) is 0 Å². The Bertz CT molecular complexity index is 251. The van der Waals surface area contributed by atoms with E-state index < -0.39 is 0 Å². The summed E-state index contributed by atoms with van der Waals surface area (Å²) in [4.78, 5) is 14.0. The highest BCUT2D eigenvalue weighted by Crippen LogP contribution is 2.11. The quantitative estimate of drug-likeness (QED) is 0.708. The molecule has 1 N–H and O–H groups in total. The topological polar surface area (TPSA) is 50.8 Å². The van der Waals surface area contributed by atoms with E-state index in [1.165, 1.54) is 7.11 Å². The van der Waals surface area contributed by atoms with Crippen molar-refractivity contribution in [3.8, 4) is 0 Å². The van der Waals surface area contributed by atoms with E-state index in [9.17, 15) is 4.79 Å². The summed E-state index contributed by atoms with van der Waals surface area (Å²) in [5, 5.41) is 3.24. The second kappa shape index (κ2) is 7.71. The van der Waals surface area contributed by atoms with Crippen molar-refractivity contribution >= 4 is 5.97 Å². The molecule has 0 bridgehead atoms. The smallest absolute Gasteiger partial charge is 0.324 e. The highest BCUT2D eigenvalue weighted by Gasteiger charge is 2.27. The summed E-state index contributed by atoms with van der Waals surface area (Å²) < 4.78 is 10.5. The number of esters is 1. The fourth-order valence-corrected chi connectivity index (χ4v) is 2.37. The maximum absolute atomic E-state index is 11.7. The van der Waals surface area contributed by atoms with Crippen LogP contribution in [0.4, 0.5) is 0 Å². The van der Waals surface area contributed by atoms with Crippen LogP contribution in [0.1, 0.15) is 27.2 Å². The van der Waals surface area contributed by atoms with E-state index in [-0.39, 0.29) is 24.2 Å². The van der Waals surface area contributed by atoms with Crippen molar-refractivity contribution in [1.82, 2.24) is 10.2 Å². The van der Waals surface area contributed by atoms with E-state index in [1.54, 1.807) is 0 Å². The summed E-state index contributed by atoms with van der Waals surface area (Å²) in [7, 11) is 1.44. The van der Waals surface area contributed by atoms with Crippen LogP contribution in [0.2, 0.25) is 0 Å². The van der Waals surface area contributed by atoms with Crippen LogP contribution in [0.15, 0.2) is 0 Å². The van der Waals surface area contributed by atoms with Crippen molar-refractivity contribution < 1.29 is 14.3 Å². The lowest BCUT2D eigenvalue weighted by molar-refractivity contribution is -0.144. The molecule has 1 fully saturated rings. The minimum Gasteiger partial charge on any atom is -0.468 e. The highest BCUT2D eigenvalue weighted by atomic mass is 16.5. The molecule has 3 unspecified atom stereocenters. The highest BCUT2D eigenvalue weighted by molar-refractivity contribution is 5.75. The molecule has 0 aromatic heterocycles. The molecule has 18 heavy (non-hydrogen) atoms. The molecule has 0 aromatic carbocycles. The Kier molecular flexibility index (Phi) is 6.60. The first-order valence-corrected chi connectivity index (χ1v) is 6.75. The molecule has 106 valence electrons. The van der Waals surface area contributed by atoms with Gasteiger partial charge in [-0.25, -0.2) is 0 Å². The summed E-state index contributed by atoms with van der Waals surface area (Å²) >= 11 is 0. The van der Waals surface area contributed by atoms with Crippen molar-refractivity contribution in [1.29, 1.82) is 0 Å². The van der Waals surface area contributed by atoms with Gasteiger partial charge in [-0.3, -0.25) is 9.69 Å². The van der Waals surface area contributed by atoms with E-state index >= 15 is 0 Å². The summed E-state index contributed by atoms with van der Waals surface area (Å²) in [5.74, 6) is -0.185. The SMILES string of the molecule is CCCNC(CN1CC(C)OC(C)C1)C(=O)OC. The Hall–Kier alpha value is -0.650. The molecular weight excluding hydrogens is 232 g/mol. The van der Waals surface area contributed by atoms with Crippen LogP contribution >= 0.6 is 0 Å². The number of rotatable bonds is 6. The lowest BCUT2D eigenvalue weighted by Gasteiger charge is -2.36. The monoisotopic (exact) mass is 258 g/mol. The van der Waals surface area contributed by atoms with Gasteiger partial charge in [0, 0.05) is 19.6 Å². The van der Waals surface area contributed by atoms with Crippen LogP contribution in [0.25, 0.3) is 0 Å². The molecule has 1 saturated heterocycles. The largest absolute Gasteiger partial charge is 0.468 e. The third kappa shape index (κ3) is 4.92. The number of nitrogens with zero attached hydrogens (tertiary/aromatic N) is 1. The molecule has 5 nitrogen and oxygen atoms in total. The molecule has 5 heteroatoms. The number of hydrogen-bond donors (Lipinski definition) is 1. The molecule has 1 aliphatic rings. The molecule has 3 atom stereocenters. The Balaban J connectivity index is 2.50. The maximum atomic E-state index is 11.7. The van der Waals surface area contributed by atoms with Crippen LogP contribution in [-0.4, -0.2) is 62.4 Å². The Labute approximate surface area is 110 Å². The average molecular weight is 258 g/mol. The Morgan fingerprint density at radius 2 is 2.06 bits per heavy atom. The first kappa shape index (κ1) is 15.4. The molecule has 0 radical (unpaired) electrons. The average Bonchev–Trinajstić information content (AvgIpc) is 2.32. The normalized spacial score (nSPS) is 26.9. The minimum absolute atomic E-state index is 0.185. The minimum atomic E-state index is -0.243. The molecular formula is C13H26N2O3. The van der Waals surface area contributed by atoms with Gasteiger partial charge < -0.3 is 14.8 Å². The number of ether oxygens (including phenoxy) is 2. The Morgan fingerprint density at radius 1 is 1.44 bits per heavy atom. The number of methoxy groups -OCH3 is 1. The molecule has 0 spiro atoms. The molecule has 0 aliphatic carbocycles. The van der Waals surface area contributed by atoms with Crippen LogP contribution in [0.5, 0.6) is 0 Å².